The minimum absolute atomic E-state index is 0.932. The molecule has 0 saturated carbocycles. The van der Waals surface area contributed by atoms with Crippen molar-refractivity contribution in [2.75, 3.05) is 0 Å². The number of hydrogen-bond donors (Lipinski definition) is 0. The molecule has 0 saturated heterocycles. The second-order valence-electron chi connectivity index (χ2n) is 6.28. The molecule has 0 aliphatic heterocycles. The van der Waals surface area contributed by atoms with E-state index in [0.29, 0.717) is 0 Å². The Morgan fingerprint density at radius 2 is 1.15 bits per heavy atom. The van der Waals surface area contributed by atoms with Crippen LogP contribution in [0, 0.1) is 0 Å². The van der Waals surface area contributed by atoms with Crippen LogP contribution in [0.15, 0.2) is 103 Å². The Kier molecular flexibility index (Phi) is 4.37. The summed E-state index contributed by atoms with van der Waals surface area (Å²) < 4.78 is 9.30. The van der Waals surface area contributed by atoms with Crippen molar-refractivity contribution >= 4 is 50.3 Å². The molecule has 0 amide bonds. The molecular formula is C24H17OPS. The Hall–Kier alpha value is -2.67. The first-order valence-corrected chi connectivity index (χ1v) is 11.0. The molecule has 0 unspecified atom stereocenters. The van der Waals surface area contributed by atoms with Crippen LogP contribution in [0.3, 0.4) is 0 Å². The molecule has 0 N–H and O–H groups in total. The molecule has 0 atom stereocenters. The smallest absolute Gasteiger partial charge is 0.150 e. The lowest BCUT2D eigenvalue weighted by Gasteiger charge is -2.20. The second-order valence-corrected chi connectivity index (χ2v) is 9.17. The summed E-state index contributed by atoms with van der Waals surface area (Å²) in [6.45, 7) is 0. The predicted octanol–water partition coefficient (Wildman–Crippen LogP) is 6.48. The zero-order valence-electron chi connectivity index (χ0n) is 14.6. The van der Waals surface area contributed by atoms with Gasteiger partial charge < -0.3 is 4.52 Å². The van der Waals surface area contributed by atoms with E-state index in [4.69, 9.17) is 4.52 Å². The van der Waals surface area contributed by atoms with Crippen molar-refractivity contribution in [2.24, 2.45) is 0 Å². The first kappa shape index (κ1) is 16.5. The SMILES string of the molecule is c1ccc(P(Oc2cccc3sc4ccccc4c23)c2ccccc2)cc1. The molecule has 3 heteroatoms. The normalized spacial score (nSPS) is 11.3. The molecule has 0 aliphatic rings. The van der Waals surface area contributed by atoms with Crippen molar-refractivity contribution in [3.8, 4) is 5.75 Å². The monoisotopic (exact) mass is 384 g/mol. The first-order valence-electron chi connectivity index (χ1n) is 8.88. The van der Waals surface area contributed by atoms with Crippen molar-refractivity contribution in [2.45, 2.75) is 0 Å². The van der Waals surface area contributed by atoms with Crippen LogP contribution >= 0.6 is 19.5 Å². The number of benzene rings is 4. The standard InChI is InChI=1S/C24H17OPS/c1-3-10-18(11-4-1)26(19-12-5-2-6-13-19)25-21-15-9-17-23-24(21)20-14-7-8-16-22(20)27-23/h1-17H. The summed E-state index contributed by atoms with van der Waals surface area (Å²) in [5, 5.41) is 4.92. The molecule has 5 aromatic rings. The molecule has 0 spiro atoms. The molecule has 1 nitrogen and oxygen atoms in total. The summed E-state index contributed by atoms with van der Waals surface area (Å²) in [6.07, 6.45) is 0. The third-order valence-electron chi connectivity index (χ3n) is 4.54. The van der Waals surface area contributed by atoms with Gasteiger partial charge in [0.15, 0.2) is 8.15 Å². The van der Waals surface area contributed by atoms with Crippen LogP contribution in [-0.4, -0.2) is 0 Å². The fraction of sp³-hybridized carbons (Fsp3) is 0. The predicted molar refractivity (Wildman–Crippen MR) is 119 cm³/mol. The van der Waals surface area contributed by atoms with E-state index >= 15 is 0 Å². The fourth-order valence-electron chi connectivity index (χ4n) is 3.30. The maximum absolute atomic E-state index is 6.74. The third kappa shape index (κ3) is 3.12. The van der Waals surface area contributed by atoms with Crippen molar-refractivity contribution < 1.29 is 4.52 Å². The summed E-state index contributed by atoms with van der Waals surface area (Å²) >= 11 is 1.82. The Balaban J connectivity index is 1.67. The molecule has 0 bridgehead atoms. The van der Waals surface area contributed by atoms with E-state index in [0.717, 1.165) is 5.75 Å². The van der Waals surface area contributed by atoms with E-state index < -0.39 is 8.15 Å². The topological polar surface area (TPSA) is 9.23 Å². The van der Waals surface area contributed by atoms with Gasteiger partial charge in [0.05, 0.1) is 0 Å². The summed E-state index contributed by atoms with van der Waals surface area (Å²) in [7, 11) is -0.932. The van der Waals surface area contributed by atoms with E-state index in [1.165, 1.54) is 30.8 Å². The highest BCUT2D eigenvalue weighted by Crippen LogP contribution is 2.44. The largest absolute Gasteiger partial charge is 0.464 e. The fourth-order valence-corrected chi connectivity index (χ4v) is 6.16. The van der Waals surface area contributed by atoms with Crippen LogP contribution in [0.5, 0.6) is 5.75 Å². The van der Waals surface area contributed by atoms with Crippen LogP contribution in [0.4, 0.5) is 0 Å². The Bertz CT molecular complexity index is 1160. The average molecular weight is 384 g/mol. The second kappa shape index (κ2) is 7.15. The van der Waals surface area contributed by atoms with Gasteiger partial charge >= 0.3 is 0 Å². The van der Waals surface area contributed by atoms with E-state index in [2.05, 4.69) is 103 Å². The van der Waals surface area contributed by atoms with Crippen LogP contribution in [-0.2, 0) is 0 Å². The molecular weight excluding hydrogens is 367 g/mol. The van der Waals surface area contributed by atoms with Crippen LogP contribution in [0.2, 0.25) is 0 Å². The van der Waals surface area contributed by atoms with Crippen molar-refractivity contribution in [1.29, 1.82) is 0 Å². The highest BCUT2D eigenvalue weighted by atomic mass is 32.1. The minimum atomic E-state index is -0.932. The van der Waals surface area contributed by atoms with Gasteiger partial charge in [0.25, 0.3) is 0 Å². The van der Waals surface area contributed by atoms with E-state index in [1.54, 1.807) is 0 Å². The lowest BCUT2D eigenvalue weighted by molar-refractivity contribution is 0.638. The van der Waals surface area contributed by atoms with E-state index in [1.807, 2.05) is 11.3 Å². The zero-order valence-corrected chi connectivity index (χ0v) is 16.3. The van der Waals surface area contributed by atoms with E-state index in [-0.39, 0.29) is 0 Å². The summed E-state index contributed by atoms with van der Waals surface area (Å²) in [4.78, 5) is 0. The highest BCUT2D eigenvalue weighted by Gasteiger charge is 2.19. The van der Waals surface area contributed by atoms with Gasteiger partial charge in [-0.3, -0.25) is 0 Å². The zero-order chi connectivity index (χ0) is 18.1. The van der Waals surface area contributed by atoms with Gasteiger partial charge in [-0.05, 0) is 18.2 Å². The molecule has 4 aromatic carbocycles. The van der Waals surface area contributed by atoms with Crippen molar-refractivity contribution in [1.82, 2.24) is 0 Å². The summed E-state index contributed by atoms with van der Waals surface area (Å²) in [6, 6.07) is 36.0. The molecule has 1 aromatic heterocycles. The third-order valence-corrected chi connectivity index (χ3v) is 7.58. The average Bonchev–Trinajstić information content (AvgIpc) is 3.13. The van der Waals surface area contributed by atoms with Gasteiger partial charge in [-0.25, -0.2) is 0 Å². The highest BCUT2D eigenvalue weighted by molar-refractivity contribution is 7.68. The minimum Gasteiger partial charge on any atom is -0.464 e. The van der Waals surface area contributed by atoms with Crippen LogP contribution in [0.25, 0.3) is 20.2 Å². The van der Waals surface area contributed by atoms with Gasteiger partial charge in [0.2, 0.25) is 0 Å². The number of hydrogen-bond acceptors (Lipinski definition) is 2. The van der Waals surface area contributed by atoms with E-state index in [9.17, 15) is 0 Å². The van der Waals surface area contributed by atoms with Gasteiger partial charge in [0, 0.05) is 30.8 Å². The Labute approximate surface area is 163 Å². The number of rotatable bonds is 4. The van der Waals surface area contributed by atoms with Gasteiger partial charge in [-0.15, -0.1) is 11.3 Å². The molecule has 0 fully saturated rings. The Morgan fingerprint density at radius 1 is 0.556 bits per heavy atom. The lowest BCUT2D eigenvalue weighted by atomic mass is 10.1. The lowest BCUT2D eigenvalue weighted by Crippen LogP contribution is -2.15. The maximum atomic E-state index is 6.74. The van der Waals surface area contributed by atoms with Crippen molar-refractivity contribution in [3.63, 3.8) is 0 Å². The number of fused-ring (bicyclic) bond motifs is 3. The molecule has 0 aliphatic carbocycles. The van der Waals surface area contributed by atoms with Crippen LogP contribution < -0.4 is 15.1 Å². The molecule has 0 radical (unpaired) electrons. The maximum Gasteiger partial charge on any atom is 0.150 e. The molecule has 1 heterocycles. The van der Waals surface area contributed by atoms with Crippen molar-refractivity contribution in [3.05, 3.63) is 103 Å². The number of thiophene rings is 1. The Morgan fingerprint density at radius 3 is 1.85 bits per heavy atom. The quantitative estimate of drug-likeness (QED) is 0.322. The van der Waals surface area contributed by atoms with Crippen LogP contribution in [0.1, 0.15) is 0 Å². The summed E-state index contributed by atoms with van der Waals surface area (Å²) in [5.41, 5.74) is 0. The first-order chi connectivity index (χ1) is 13.4. The summed E-state index contributed by atoms with van der Waals surface area (Å²) in [5.74, 6) is 0.962. The van der Waals surface area contributed by atoms with Gasteiger partial charge in [0.1, 0.15) is 5.75 Å². The molecule has 27 heavy (non-hydrogen) atoms. The van der Waals surface area contributed by atoms with Gasteiger partial charge in [-0.2, -0.15) is 0 Å². The van der Waals surface area contributed by atoms with Gasteiger partial charge in [-0.1, -0.05) is 84.9 Å². The molecule has 5 rings (SSSR count). The molecule has 130 valence electrons.